The van der Waals surface area contributed by atoms with Crippen molar-refractivity contribution in [3.8, 4) is 11.4 Å². The van der Waals surface area contributed by atoms with E-state index < -0.39 is 0 Å². The molecule has 0 aliphatic heterocycles. The molecule has 90 valence electrons. The summed E-state index contributed by atoms with van der Waals surface area (Å²) in [7, 11) is 0. The Bertz CT molecular complexity index is 737. The Labute approximate surface area is 112 Å². The van der Waals surface area contributed by atoms with Gasteiger partial charge in [0, 0.05) is 5.56 Å². The van der Waals surface area contributed by atoms with E-state index in [1.807, 2.05) is 0 Å². The van der Waals surface area contributed by atoms with Crippen LogP contribution >= 0.6 is 23.2 Å². The van der Waals surface area contributed by atoms with E-state index in [2.05, 4.69) is 15.1 Å². The topological polar surface area (TPSA) is 69.1 Å². The Morgan fingerprint density at radius 3 is 2.78 bits per heavy atom. The summed E-state index contributed by atoms with van der Waals surface area (Å²) >= 11 is 11.8. The van der Waals surface area contributed by atoms with Gasteiger partial charge in [-0.25, -0.2) is 9.50 Å². The van der Waals surface area contributed by atoms with Crippen molar-refractivity contribution in [1.82, 2.24) is 19.6 Å². The number of anilines is 1. The monoisotopic (exact) mass is 279 g/mol. The van der Waals surface area contributed by atoms with E-state index in [1.54, 1.807) is 24.4 Å². The highest BCUT2D eigenvalue weighted by Crippen LogP contribution is 2.26. The molecular formula is C11H7Cl2N5. The molecule has 0 unspecified atom stereocenters. The van der Waals surface area contributed by atoms with Crippen molar-refractivity contribution < 1.29 is 0 Å². The summed E-state index contributed by atoms with van der Waals surface area (Å²) in [5.41, 5.74) is 6.92. The van der Waals surface area contributed by atoms with Crippen LogP contribution in [0.5, 0.6) is 0 Å². The molecule has 0 spiro atoms. The molecule has 2 heterocycles. The smallest absolute Gasteiger partial charge is 0.252 e. The lowest BCUT2D eigenvalue weighted by molar-refractivity contribution is 0.945. The number of nitrogen functional groups attached to an aromatic ring is 1. The molecule has 0 saturated heterocycles. The number of aromatic nitrogens is 4. The maximum absolute atomic E-state index is 5.96. The molecule has 2 N–H and O–H groups in total. The summed E-state index contributed by atoms with van der Waals surface area (Å²) in [6.07, 6.45) is 3.18. The SMILES string of the molecule is Nc1cnc2nc(-c3ccc(Cl)c(Cl)c3)nn2c1. The lowest BCUT2D eigenvalue weighted by atomic mass is 10.2. The standard InChI is InChI=1S/C11H7Cl2N5/c12-8-2-1-6(3-9(8)13)10-16-11-15-4-7(14)5-18(11)17-10/h1-5H,14H2. The van der Waals surface area contributed by atoms with Crippen LogP contribution in [-0.4, -0.2) is 19.6 Å². The number of fused-ring (bicyclic) bond motifs is 1. The third-order valence-corrected chi connectivity index (χ3v) is 3.13. The van der Waals surface area contributed by atoms with E-state index in [-0.39, 0.29) is 0 Å². The van der Waals surface area contributed by atoms with Crippen LogP contribution in [0.25, 0.3) is 17.2 Å². The highest BCUT2D eigenvalue weighted by Gasteiger charge is 2.09. The van der Waals surface area contributed by atoms with Gasteiger partial charge in [0.15, 0.2) is 5.82 Å². The minimum atomic E-state index is 0.459. The van der Waals surface area contributed by atoms with Crippen LogP contribution in [0.15, 0.2) is 30.6 Å². The minimum Gasteiger partial charge on any atom is -0.396 e. The Morgan fingerprint density at radius 2 is 2.00 bits per heavy atom. The van der Waals surface area contributed by atoms with Gasteiger partial charge in [0.1, 0.15) is 0 Å². The normalized spacial score (nSPS) is 11.0. The van der Waals surface area contributed by atoms with Gasteiger partial charge in [0.2, 0.25) is 0 Å². The number of nitrogens with zero attached hydrogens (tertiary/aromatic N) is 4. The Balaban J connectivity index is 2.16. The first-order valence-corrected chi connectivity index (χ1v) is 5.82. The second-order valence-corrected chi connectivity index (χ2v) is 4.51. The largest absolute Gasteiger partial charge is 0.396 e. The number of benzene rings is 1. The highest BCUT2D eigenvalue weighted by atomic mass is 35.5. The molecule has 0 radical (unpaired) electrons. The van der Waals surface area contributed by atoms with Crippen molar-refractivity contribution in [3.63, 3.8) is 0 Å². The molecule has 18 heavy (non-hydrogen) atoms. The maximum Gasteiger partial charge on any atom is 0.252 e. The van der Waals surface area contributed by atoms with Gasteiger partial charge in [-0.3, -0.25) is 0 Å². The quantitative estimate of drug-likeness (QED) is 0.744. The van der Waals surface area contributed by atoms with Crippen molar-refractivity contribution in [1.29, 1.82) is 0 Å². The van der Waals surface area contributed by atoms with Gasteiger partial charge in [-0.2, -0.15) is 4.98 Å². The number of hydrogen-bond acceptors (Lipinski definition) is 4. The Hall–Kier alpha value is -1.85. The van der Waals surface area contributed by atoms with Crippen molar-refractivity contribution in [2.45, 2.75) is 0 Å². The van der Waals surface area contributed by atoms with Crippen molar-refractivity contribution in [2.24, 2.45) is 0 Å². The molecule has 5 nitrogen and oxygen atoms in total. The summed E-state index contributed by atoms with van der Waals surface area (Å²) in [6, 6.07) is 5.21. The highest BCUT2D eigenvalue weighted by molar-refractivity contribution is 6.42. The molecule has 0 aliphatic carbocycles. The van der Waals surface area contributed by atoms with Crippen LogP contribution in [0, 0.1) is 0 Å². The van der Waals surface area contributed by atoms with Crippen LogP contribution in [0.3, 0.4) is 0 Å². The molecule has 3 aromatic rings. The molecule has 0 aliphatic rings. The van der Waals surface area contributed by atoms with Gasteiger partial charge < -0.3 is 5.73 Å². The summed E-state index contributed by atoms with van der Waals surface area (Å²) < 4.78 is 1.52. The van der Waals surface area contributed by atoms with Gasteiger partial charge in [-0.15, -0.1) is 5.10 Å². The van der Waals surface area contributed by atoms with Gasteiger partial charge >= 0.3 is 0 Å². The van der Waals surface area contributed by atoms with Crippen LogP contribution in [0.1, 0.15) is 0 Å². The Morgan fingerprint density at radius 1 is 1.17 bits per heavy atom. The van der Waals surface area contributed by atoms with Crippen molar-refractivity contribution in [2.75, 3.05) is 5.73 Å². The van der Waals surface area contributed by atoms with Gasteiger partial charge in [-0.05, 0) is 18.2 Å². The molecule has 0 fully saturated rings. The third kappa shape index (κ3) is 1.87. The summed E-state index contributed by atoms with van der Waals surface area (Å²) in [6.45, 7) is 0. The summed E-state index contributed by atoms with van der Waals surface area (Å²) in [4.78, 5) is 8.35. The molecule has 0 saturated carbocycles. The number of halogens is 2. The predicted octanol–water partition coefficient (Wildman–Crippen LogP) is 2.68. The van der Waals surface area contributed by atoms with Crippen LogP contribution in [-0.2, 0) is 0 Å². The first kappa shape index (κ1) is 11.3. The van der Waals surface area contributed by atoms with E-state index in [9.17, 15) is 0 Å². The molecule has 0 amide bonds. The predicted molar refractivity (Wildman–Crippen MR) is 70.7 cm³/mol. The fourth-order valence-electron chi connectivity index (χ4n) is 1.55. The zero-order valence-corrected chi connectivity index (χ0v) is 10.5. The molecule has 0 bridgehead atoms. The number of hydrogen-bond donors (Lipinski definition) is 1. The summed E-state index contributed by atoms with van der Waals surface area (Å²) in [5, 5.41) is 5.23. The van der Waals surface area contributed by atoms with E-state index in [1.165, 1.54) is 10.7 Å². The zero-order valence-electron chi connectivity index (χ0n) is 9.01. The Kier molecular flexibility index (Phi) is 2.57. The molecular weight excluding hydrogens is 273 g/mol. The maximum atomic E-state index is 5.96. The molecule has 1 aromatic carbocycles. The van der Waals surface area contributed by atoms with E-state index in [0.717, 1.165) is 5.56 Å². The fraction of sp³-hybridized carbons (Fsp3) is 0. The van der Waals surface area contributed by atoms with E-state index >= 15 is 0 Å². The van der Waals surface area contributed by atoms with E-state index in [4.69, 9.17) is 28.9 Å². The molecule has 3 rings (SSSR count). The lowest BCUT2D eigenvalue weighted by Gasteiger charge is -1.97. The van der Waals surface area contributed by atoms with Crippen LogP contribution in [0.2, 0.25) is 10.0 Å². The fourth-order valence-corrected chi connectivity index (χ4v) is 1.85. The molecule has 7 heteroatoms. The van der Waals surface area contributed by atoms with Gasteiger partial charge in [-0.1, -0.05) is 23.2 Å². The molecule has 0 atom stereocenters. The first-order valence-electron chi connectivity index (χ1n) is 5.07. The number of rotatable bonds is 1. The van der Waals surface area contributed by atoms with Crippen molar-refractivity contribution in [3.05, 3.63) is 40.6 Å². The van der Waals surface area contributed by atoms with Crippen LogP contribution in [0.4, 0.5) is 5.69 Å². The number of nitrogens with two attached hydrogens (primary N) is 1. The zero-order chi connectivity index (χ0) is 12.7. The average Bonchev–Trinajstić information content (AvgIpc) is 2.75. The van der Waals surface area contributed by atoms with Crippen molar-refractivity contribution >= 4 is 34.7 Å². The second-order valence-electron chi connectivity index (χ2n) is 3.70. The first-order chi connectivity index (χ1) is 8.63. The second kappa shape index (κ2) is 4.12. The molecule has 2 aromatic heterocycles. The lowest BCUT2D eigenvalue weighted by Crippen LogP contribution is -1.94. The van der Waals surface area contributed by atoms with Gasteiger partial charge in [0.25, 0.3) is 5.78 Å². The average molecular weight is 280 g/mol. The minimum absolute atomic E-state index is 0.459. The van der Waals surface area contributed by atoms with Crippen LogP contribution < -0.4 is 5.73 Å². The van der Waals surface area contributed by atoms with Gasteiger partial charge in [0.05, 0.1) is 28.1 Å². The third-order valence-electron chi connectivity index (χ3n) is 2.39. The van der Waals surface area contributed by atoms with E-state index in [0.29, 0.717) is 27.3 Å². The summed E-state index contributed by atoms with van der Waals surface area (Å²) in [5.74, 6) is 0.997.